The van der Waals surface area contributed by atoms with Gasteiger partial charge in [-0.25, -0.2) is 8.78 Å². The Morgan fingerprint density at radius 1 is 1.09 bits per heavy atom. The first kappa shape index (κ1) is 13.1. The summed E-state index contributed by atoms with van der Waals surface area (Å²) in [7, 11) is 0. The molecule has 0 bridgehead atoms. The van der Waals surface area contributed by atoms with E-state index in [0.29, 0.717) is 29.9 Å². The lowest BCUT2D eigenvalue weighted by atomic mass is 10.0. The van der Waals surface area contributed by atoms with Gasteiger partial charge >= 0.3 is 0 Å². The Morgan fingerprint density at radius 2 is 1.91 bits per heavy atom. The van der Waals surface area contributed by atoms with Crippen LogP contribution in [0.3, 0.4) is 0 Å². The van der Waals surface area contributed by atoms with E-state index < -0.39 is 0 Å². The van der Waals surface area contributed by atoms with Crippen molar-refractivity contribution >= 4 is 17.1 Å². The molecule has 0 saturated heterocycles. The van der Waals surface area contributed by atoms with Gasteiger partial charge in [-0.3, -0.25) is 0 Å². The molecule has 112 valence electrons. The molecule has 0 amide bonds. The predicted molar refractivity (Wildman–Crippen MR) is 76.8 cm³/mol. The van der Waals surface area contributed by atoms with E-state index in [-0.39, 0.29) is 23.7 Å². The topological polar surface area (TPSA) is 47.3 Å². The first-order valence-electron chi connectivity index (χ1n) is 6.94. The summed E-state index contributed by atoms with van der Waals surface area (Å²) in [5.41, 5.74) is 1.66. The summed E-state index contributed by atoms with van der Waals surface area (Å²) < 4.78 is 37.7. The Kier molecular flexibility index (Phi) is 2.96. The van der Waals surface area contributed by atoms with Gasteiger partial charge in [-0.05, 0) is 30.3 Å². The molecule has 6 heteroatoms. The van der Waals surface area contributed by atoms with Gasteiger partial charge in [0.25, 0.3) is 6.01 Å². The number of hydrogen-bond acceptors (Lipinski definition) is 4. The fraction of sp³-hybridized carbons (Fsp3) is 0.188. The van der Waals surface area contributed by atoms with E-state index >= 15 is 0 Å². The smallest absolute Gasteiger partial charge is 0.296 e. The molecule has 1 aliphatic heterocycles. The molecular weight excluding hydrogens is 290 g/mol. The second-order valence-corrected chi connectivity index (χ2v) is 5.15. The standard InChI is InChI=1S/C16H12F2N2O2/c17-9-1-3-14-11(7-9)12(5-6-21-14)19-16-20-13-8-10(18)2-4-15(13)22-16/h1-4,7-8,12H,5-6H2,(H,19,20). The zero-order valence-corrected chi connectivity index (χ0v) is 11.5. The molecular formula is C16H12F2N2O2. The van der Waals surface area contributed by atoms with E-state index in [9.17, 15) is 8.78 Å². The van der Waals surface area contributed by atoms with Crippen LogP contribution in [0.5, 0.6) is 5.75 Å². The van der Waals surface area contributed by atoms with Gasteiger partial charge in [0.15, 0.2) is 5.58 Å². The highest BCUT2D eigenvalue weighted by Crippen LogP contribution is 2.35. The highest BCUT2D eigenvalue weighted by atomic mass is 19.1. The molecule has 0 fully saturated rings. The van der Waals surface area contributed by atoms with E-state index in [1.165, 1.54) is 30.3 Å². The molecule has 1 aromatic heterocycles. The molecule has 1 aliphatic rings. The summed E-state index contributed by atoms with van der Waals surface area (Å²) in [5, 5.41) is 3.13. The Morgan fingerprint density at radius 3 is 2.82 bits per heavy atom. The van der Waals surface area contributed by atoms with E-state index in [1.807, 2.05) is 0 Å². The number of nitrogens with one attached hydrogen (secondary N) is 1. The van der Waals surface area contributed by atoms with E-state index in [0.717, 1.165) is 5.56 Å². The van der Waals surface area contributed by atoms with Crippen molar-refractivity contribution < 1.29 is 17.9 Å². The van der Waals surface area contributed by atoms with Crippen LogP contribution < -0.4 is 10.1 Å². The van der Waals surface area contributed by atoms with E-state index in [4.69, 9.17) is 9.15 Å². The van der Waals surface area contributed by atoms with Crippen molar-refractivity contribution in [2.75, 3.05) is 11.9 Å². The lowest BCUT2D eigenvalue weighted by molar-refractivity contribution is 0.272. The van der Waals surface area contributed by atoms with Crippen LogP contribution in [0.25, 0.3) is 11.1 Å². The first-order chi connectivity index (χ1) is 10.7. The first-order valence-corrected chi connectivity index (χ1v) is 6.94. The van der Waals surface area contributed by atoms with Gasteiger partial charge < -0.3 is 14.5 Å². The molecule has 3 aromatic rings. The van der Waals surface area contributed by atoms with Crippen molar-refractivity contribution in [3.05, 3.63) is 53.6 Å². The molecule has 0 radical (unpaired) electrons. The molecule has 0 aliphatic carbocycles. The van der Waals surface area contributed by atoms with Crippen molar-refractivity contribution in [1.29, 1.82) is 0 Å². The zero-order chi connectivity index (χ0) is 15.1. The van der Waals surface area contributed by atoms with Gasteiger partial charge in [-0.2, -0.15) is 4.98 Å². The minimum Gasteiger partial charge on any atom is -0.493 e. The minimum absolute atomic E-state index is 0.169. The van der Waals surface area contributed by atoms with Crippen LogP contribution in [0.1, 0.15) is 18.0 Å². The molecule has 4 rings (SSSR count). The largest absolute Gasteiger partial charge is 0.493 e. The maximum atomic E-state index is 13.5. The van der Waals surface area contributed by atoms with Crippen LogP contribution >= 0.6 is 0 Å². The van der Waals surface area contributed by atoms with Gasteiger partial charge in [-0.1, -0.05) is 0 Å². The van der Waals surface area contributed by atoms with Crippen LogP contribution in [0.15, 0.2) is 40.8 Å². The summed E-state index contributed by atoms with van der Waals surface area (Å²) in [6.07, 6.45) is 0.656. The number of oxazole rings is 1. The third kappa shape index (κ3) is 2.26. The average molecular weight is 302 g/mol. The van der Waals surface area contributed by atoms with Gasteiger partial charge in [0, 0.05) is 18.1 Å². The Bertz CT molecular complexity index is 847. The van der Waals surface area contributed by atoms with Gasteiger partial charge in [0.1, 0.15) is 22.9 Å². The number of anilines is 1. The van der Waals surface area contributed by atoms with Gasteiger partial charge in [-0.15, -0.1) is 0 Å². The van der Waals surface area contributed by atoms with Crippen molar-refractivity contribution in [2.45, 2.75) is 12.5 Å². The fourth-order valence-electron chi connectivity index (χ4n) is 2.63. The summed E-state index contributed by atoms with van der Waals surface area (Å²) in [5.74, 6) is -0.0474. The second kappa shape index (κ2) is 4.98. The maximum absolute atomic E-state index is 13.5. The Hall–Kier alpha value is -2.63. The van der Waals surface area contributed by atoms with Gasteiger partial charge in [0.2, 0.25) is 0 Å². The van der Waals surface area contributed by atoms with Crippen molar-refractivity contribution in [3.63, 3.8) is 0 Å². The normalized spacial score (nSPS) is 17.1. The summed E-state index contributed by atoms with van der Waals surface area (Å²) in [6, 6.07) is 8.68. The number of rotatable bonds is 2. The van der Waals surface area contributed by atoms with Crippen LogP contribution in [0.2, 0.25) is 0 Å². The third-order valence-electron chi connectivity index (χ3n) is 3.66. The number of ether oxygens (including phenoxy) is 1. The molecule has 22 heavy (non-hydrogen) atoms. The summed E-state index contributed by atoms with van der Waals surface area (Å²) in [6.45, 7) is 0.519. The number of aromatic nitrogens is 1. The SMILES string of the molecule is Fc1ccc2c(c1)C(Nc1nc3cc(F)ccc3o1)CCO2. The number of nitrogens with zero attached hydrogens (tertiary/aromatic N) is 1. The lowest BCUT2D eigenvalue weighted by Gasteiger charge is -2.26. The van der Waals surface area contributed by atoms with Gasteiger partial charge in [0.05, 0.1) is 12.6 Å². The fourth-order valence-corrected chi connectivity index (χ4v) is 2.63. The van der Waals surface area contributed by atoms with Crippen LogP contribution in [-0.2, 0) is 0 Å². The maximum Gasteiger partial charge on any atom is 0.296 e. The molecule has 0 spiro atoms. The molecule has 1 N–H and O–H groups in total. The van der Waals surface area contributed by atoms with E-state index in [1.54, 1.807) is 6.07 Å². The molecule has 0 saturated carbocycles. The third-order valence-corrected chi connectivity index (χ3v) is 3.66. The lowest BCUT2D eigenvalue weighted by Crippen LogP contribution is -2.20. The van der Waals surface area contributed by atoms with Crippen LogP contribution in [-0.4, -0.2) is 11.6 Å². The Balaban J connectivity index is 1.67. The molecule has 1 atom stereocenters. The van der Waals surface area contributed by atoms with Crippen LogP contribution in [0, 0.1) is 11.6 Å². The number of fused-ring (bicyclic) bond motifs is 2. The predicted octanol–water partition coefficient (Wildman–Crippen LogP) is 4.04. The molecule has 4 nitrogen and oxygen atoms in total. The Labute approximate surface area is 124 Å². The van der Waals surface area contributed by atoms with Crippen molar-refractivity contribution in [2.24, 2.45) is 0 Å². The van der Waals surface area contributed by atoms with Crippen LogP contribution in [0.4, 0.5) is 14.8 Å². The highest BCUT2D eigenvalue weighted by molar-refractivity contribution is 5.74. The molecule has 2 heterocycles. The van der Waals surface area contributed by atoms with Crippen molar-refractivity contribution in [3.8, 4) is 5.75 Å². The highest BCUT2D eigenvalue weighted by Gasteiger charge is 2.23. The summed E-state index contributed by atoms with van der Waals surface area (Å²) in [4.78, 5) is 4.21. The quantitative estimate of drug-likeness (QED) is 0.776. The van der Waals surface area contributed by atoms with E-state index in [2.05, 4.69) is 10.3 Å². The average Bonchev–Trinajstić information content (AvgIpc) is 2.89. The minimum atomic E-state index is -0.370. The number of hydrogen-bond donors (Lipinski definition) is 1. The molecule has 2 aromatic carbocycles. The number of benzene rings is 2. The van der Waals surface area contributed by atoms with Crippen molar-refractivity contribution in [1.82, 2.24) is 4.98 Å². The zero-order valence-electron chi connectivity index (χ0n) is 11.5. The number of halogens is 2. The molecule has 1 unspecified atom stereocenters. The summed E-state index contributed by atoms with van der Waals surface area (Å²) >= 11 is 0. The second-order valence-electron chi connectivity index (χ2n) is 5.15. The monoisotopic (exact) mass is 302 g/mol.